The lowest BCUT2D eigenvalue weighted by Crippen LogP contribution is -2.53. The molecule has 3 rings (SSSR count). The highest BCUT2D eigenvalue weighted by molar-refractivity contribution is 5.97. The normalized spacial score (nSPS) is 19.2. The van der Waals surface area contributed by atoms with E-state index in [1.54, 1.807) is 0 Å². The molecule has 0 saturated carbocycles. The van der Waals surface area contributed by atoms with Crippen LogP contribution in [0.2, 0.25) is 0 Å². The number of nitrogens with zero attached hydrogens (tertiary/aromatic N) is 5. The van der Waals surface area contributed by atoms with Crippen molar-refractivity contribution in [1.82, 2.24) is 30.2 Å². The second kappa shape index (κ2) is 27.0. The third-order valence-corrected chi connectivity index (χ3v) is 9.46. The number of carbonyl (C=O) groups excluding carboxylic acids is 3. The Bertz CT molecular complexity index is 1150. The summed E-state index contributed by atoms with van der Waals surface area (Å²) in [5, 5.41) is 15.6. The van der Waals surface area contributed by atoms with Crippen molar-refractivity contribution >= 4 is 17.7 Å². The topological polar surface area (TPSA) is 167 Å². The summed E-state index contributed by atoms with van der Waals surface area (Å²) in [6.07, 6.45) is 4.12. The van der Waals surface area contributed by atoms with Crippen molar-refractivity contribution in [3.63, 3.8) is 0 Å². The maximum atomic E-state index is 13.3. The van der Waals surface area contributed by atoms with Gasteiger partial charge in [-0.15, -0.1) is 0 Å². The number of morpholine rings is 1. The Kier molecular flexibility index (Phi) is 22.8. The number of hydrogen-bond acceptors (Lipinski definition) is 13. The summed E-state index contributed by atoms with van der Waals surface area (Å²) in [4.78, 5) is 45.9. The minimum atomic E-state index is -0.300. The van der Waals surface area contributed by atoms with Gasteiger partial charge < -0.3 is 44.0 Å². The number of nitrogens with one attached hydrogen (secondary N) is 2. The van der Waals surface area contributed by atoms with Crippen molar-refractivity contribution in [1.29, 1.82) is 5.26 Å². The lowest BCUT2D eigenvalue weighted by atomic mass is 9.89. The largest absolute Gasteiger partial charge is 0.379 e. The van der Waals surface area contributed by atoms with Crippen molar-refractivity contribution in [2.45, 2.75) is 46.1 Å². The molecular formula is C38H67N7O9. The van der Waals surface area contributed by atoms with Crippen molar-refractivity contribution < 1.29 is 42.8 Å². The Morgan fingerprint density at radius 3 is 1.83 bits per heavy atom. The van der Waals surface area contributed by atoms with Crippen LogP contribution in [0.15, 0.2) is 11.6 Å². The second-order valence-corrected chi connectivity index (χ2v) is 14.6. The van der Waals surface area contributed by atoms with Crippen LogP contribution in [0.4, 0.5) is 0 Å². The molecule has 1 unspecified atom stereocenters. The lowest BCUT2D eigenvalue weighted by Gasteiger charge is -2.37. The van der Waals surface area contributed by atoms with Crippen LogP contribution >= 0.6 is 0 Å². The first-order valence-corrected chi connectivity index (χ1v) is 19.8. The minimum absolute atomic E-state index is 0.0187. The first-order valence-electron chi connectivity index (χ1n) is 19.8. The highest BCUT2D eigenvalue weighted by Crippen LogP contribution is 2.24. The van der Waals surface area contributed by atoms with Crippen LogP contribution in [0.25, 0.3) is 0 Å². The average Bonchev–Trinajstić information content (AvgIpc) is 3.66. The summed E-state index contributed by atoms with van der Waals surface area (Å²) < 4.78 is 32.9. The van der Waals surface area contributed by atoms with Gasteiger partial charge in [-0.2, -0.15) is 5.26 Å². The Morgan fingerprint density at radius 1 is 0.759 bits per heavy atom. The minimum Gasteiger partial charge on any atom is -0.379 e. The van der Waals surface area contributed by atoms with E-state index in [0.717, 1.165) is 58.7 Å². The molecule has 0 spiro atoms. The molecule has 0 radical (unpaired) electrons. The third kappa shape index (κ3) is 19.2. The predicted octanol–water partition coefficient (Wildman–Crippen LogP) is 0.129. The maximum Gasteiger partial charge on any atom is 0.264 e. The van der Waals surface area contributed by atoms with E-state index in [4.69, 9.17) is 28.4 Å². The zero-order valence-corrected chi connectivity index (χ0v) is 33.2. The molecule has 3 heterocycles. The summed E-state index contributed by atoms with van der Waals surface area (Å²) in [6, 6.07) is 2.44. The van der Waals surface area contributed by atoms with E-state index in [9.17, 15) is 19.6 Å². The highest BCUT2D eigenvalue weighted by Gasteiger charge is 2.34. The third-order valence-electron chi connectivity index (χ3n) is 9.46. The van der Waals surface area contributed by atoms with Gasteiger partial charge in [0.1, 0.15) is 11.6 Å². The Morgan fingerprint density at radius 2 is 1.30 bits per heavy atom. The van der Waals surface area contributed by atoms with E-state index in [1.165, 1.54) is 0 Å². The molecule has 0 aliphatic carbocycles. The molecule has 3 amide bonds. The van der Waals surface area contributed by atoms with Gasteiger partial charge in [0, 0.05) is 84.5 Å². The maximum absolute atomic E-state index is 13.3. The molecule has 0 aromatic heterocycles. The van der Waals surface area contributed by atoms with Gasteiger partial charge >= 0.3 is 0 Å². The molecule has 0 bridgehead atoms. The zero-order valence-electron chi connectivity index (χ0n) is 33.2. The molecule has 16 nitrogen and oxygen atoms in total. The molecule has 16 heteroatoms. The molecule has 308 valence electrons. The predicted molar refractivity (Wildman–Crippen MR) is 203 cm³/mol. The average molecular weight is 766 g/mol. The van der Waals surface area contributed by atoms with Gasteiger partial charge in [0.05, 0.1) is 85.8 Å². The summed E-state index contributed by atoms with van der Waals surface area (Å²) in [5.74, 6) is -0.140. The van der Waals surface area contributed by atoms with Gasteiger partial charge in [-0.25, -0.2) is 0 Å². The number of likely N-dealkylation sites (tertiary alicyclic amines) is 1. The van der Waals surface area contributed by atoms with Gasteiger partial charge in [0.2, 0.25) is 11.8 Å². The lowest BCUT2D eigenvalue weighted by molar-refractivity contribution is -0.126. The van der Waals surface area contributed by atoms with Crippen LogP contribution in [0.3, 0.4) is 0 Å². The van der Waals surface area contributed by atoms with Gasteiger partial charge in [0.25, 0.3) is 5.91 Å². The number of rotatable bonds is 27. The van der Waals surface area contributed by atoms with E-state index in [0.29, 0.717) is 118 Å². The van der Waals surface area contributed by atoms with E-state index in [-0.39, 0.29) is 34.8 Å². The van der Waals surface area contributed by atoms with E-state index in [2.05, 4.69) is 45.3 Å². The molecule has 3 aliphatic rings. The Hall–Kier alpha value is -2.72. The van der Waals surface area contributed by atoms with Crippen LogP contribution in [0.1, 0.15) is 40.0 Å². The molecule has 0 aromatic rings. The van der Waals surface area contributed by atoms with E-state index >= 15 is 0 Å². The highest BCUT2D eigenvalue weighted by atomic mass is 16.6. The molecule has 3 saturated heterocycles. The number of hydrogen-bond donors (Lipinski definition) is 2. The smallest absolute Gasteiger partial charge is 0.264 e. The number of amides is 3. The van der Waals surface area contributed by atoms with Crippen LogP contribution in [-0.2, 0) is 42.8 Å². The van der Waals surface area contributed by atoms with Gasteiger partial charge in [-0.1, -0.05) is 26.8 Å². The zero-order chi connectivity index (χ0) is 38.9. The molecule has 54 heavy (non-hydrogen) atoms. The van der Waals surface area contributed by atoms with Gasteiger partial charge in [-0.3, -0.25) is 29.1 Å². The molecule has 0 aromatic carbocycles. The fraction of sp³-hybridized carbons (Fsp3) is 0.842. The second-order valence-electron chi connectivity index (χ2n) is 14.6. The van der Waals surface area contributed by atoms with Crippen molar-refractivity contribution in [3.8, 4) is 6.07 Å². The number of ether oxygens (including phenoxy) is 6. The monoisotopic (exact) mass is 766 g/mol. The van der Waals surface area contributed by atoms with E-state index < -0.39 is 0 Å². The molecule has 3 fully saturated rings. The van der Waals surface area contributed by atoms with Gasteiger partial charge in [-0.05, 0) is 18.3 Å². The van der Waals surface area contributed by atoms with Crippen LogP contribution in [0.5, 0.6) is 0 Å². The Balaban J connectivity index is 1.12. The first-order chi connectivity index (χ1) is 26.2. The van der Waals surface area contributed by atoms with Crippen molar-refractivity contribution in [2.24, 2.45) is 5.41 Å². The fourth-order valence-electron chi connectivity index (χ4n) is 6.68. The van der Waals surface area contributed by atoms with Crippen LogP contribution < -0.4 is 10.6 Å². The Labute approximate surface area is 322 Å². The summed E-state index contributed by atoms with van der Waals surface area (Å²) in [7, 11) is 0. The van der Waals surface area contributed by atoms with Crippen molar-refractivity contribution in [2.75, 3.05) is 158 Å². The van der Waals surface area contributed by atoms with E-state index in [1.807, 2.05) is 17.9 Å². The molecule has 2 N–H and O–H groups in total. The first kappa shape index (κ1) is 45.7. The SMILES string of the molecule is CCCC(=O)NCCOCCOCCOCCOCCOCCNC(=O)CN1CCN(C2CCN(C(=O)/C(C#N)=C\C(C)(C)CN3CCOCC3)C2)CC1. The fourth-order valence-corrected chi connectivity index (χ4v) is 6.68. The summed E-state index contributed by atoms with van der Waals surface area (Å²) >= 11 is 0. The number of piperazine rings is 1. The molecule has 3 aliphatic heterocycles. The number of nitriles is 1. The molecular weight excluding hydrogens is 698 g/mol. The van der Waals surface area contributed by atoms with Crippen LogP contribution in [0, 0.1) is 16.7 Å². The molecule has 1 atom stereocenters. The quantitative estimate of drug-likeness (QED) is 0.0659. The summed E-state index contributed by atoms with van der Waals surface area (Å²) in [5.41, 5.74) is -0.0731. The van der Waals surface area contributed by atoms with Gasteiger partial charge in [0.15, 0.2) is 0 Å². The van der Waals surface area contributed by atoms with Crippen molar-refractivity contribution in [3.05, 3.63) is 11.6 Å². The standard InChI is InChI=1S/C38H67N7O9/c1-4-5-35(46)40-7-16-49-20-22-52-24-26-54-27-25-53-23-21-50-17-8-41-36(47)31-42-10-12-44(13-11-42)34-6-9-45(30-34)37(48)33(29-39)28-38(2,3)32-43-14-18-51-19-15-43/h28,34H,4-27,30-32H2,1-3H3,(H,40,46)(H,41,47)/b33-28-. The number of carbonyl (C=O) groups is 3. The van der Waals surface area contributed by atoms with Crippen LogP contribution in [-0.4, -0.2) is 201 Å². The summed E-state index contributed by atoms with van der Waals surface area (Å²) in [6.45, 7) is 20.5.